The molecule has 0 radical (unpaired) electrons. The third kappa shape index (κ3) is 3.20. The second kappa shape index (κ2) is 6.16. The van der Waals surface area contributed by atoms with Gasteiger partial charge in [0.2, 0.25) is 0 Å². The van der Waals surface area contributed by atoms with Gasteiger partial charge in [-0.05, 0) is 25.1 Å². The highest BCUT2D eigenvalue weighted by atomic mass is 16.7. The molecule has 3 heteroatoms. The van der Waals surface area contributed by atoms with Gasteiger partial charge in [-0.2, -0.15) is 0 Å². The molecule has 0 aliphatic carbocycles. The topological polar surface area (TPSA) is 35.5 Å². The smallest absolute Gasteiger partial charge is 0.196 e. The normalized spacial score (nSPS) is 10.2. The van der Waals surface area contributed by atoms with Crippen molar-refractivity contribution in [1.29, 1.82) is 0 Å². The van der Waals surface area contributed by atoms with E-state index >= 15 is 0 Å². The number of methoxy groups -OCH3 is 1. The first kappa shape index (κ1) is 13.3. The van der Waals surface area contributed by atoms with Crippen LogP contribution in [-0.2, 0) is 4.74 Å². The van der Waals surface area contributed by atoms with E-state index < -0.39 is 0 Å². The number of ketones is 1. The zero-order valence-corrected chi connectivity index (χ0v) is 11.1. The molecule has 2 aromatic rings. The lowest BCUT2D eigenvalue weighted by molar-refractivity contribution is 0.0503. The van der Waals surface area contributed by atoms with Crippen molar-refractivity contribution in [3.8, 4) is 5.75 Å². The minimum absolute atomic E-state index is 0.0459. The number of carbonyl (C=O) groups excluding carboxylic acids is 1. The average molecular weight is 256 g/mol. The van der Waals surface area contributed by atoms with Gasteiger partial charge >= 0.3 is 0 Å². The van der Waals surface area contributed by atoms with Crippen molar-refractivity contribution < 1.29 is 14.3 Å². The van der Waals surface area contributed by atoms with Gasteiger partial charge in [0.1, 0.15) is 5.75 Å². The number of hydrogen-bond donors (Lipinski definition) is 0. The second-order valence-electron chi connectivity index (χ2n) is 4.25. The van der Waals surface area contributed by atoms with Crippen molar-refractivity contribution in [2.24, 2.45) is 0 Å². The molecule has 2 rings (SSSR count). The Morgan fingerprint density at radius 1 is 1.11 bits per heavy atom. The Kier molecular flexibility index (Phi) is 4.31. The van der Waals surface area contributed by atoms with Gasteiger partial charge in [-0.3, -0.25) is 4.79 Å². The molecule has 0 bridgehead atoms. The Bertz CT molecular complexity index is 576. The minimum Gasteiger partial charge on any atom is -0.467 e. The second-order valence-corrected chi connectivity index (χ2v) is 4.25. The van der Waals surface area contributed by atoms with Crippen LogP contribution >= 0.6 is 0 Å². The van der Waals surface area contributed by atoms with Gasteiger partial charge in [0.15, 0.2) is 12.6 Å². The molecular formula is C16H16O3. The molecule has 0 atom stereocenters. The highest BCUT2D eigenvalue weighted by Crippen LogP contribution is 2.22. The largest absolute Gasteiger partial charge is 0.467 e. The standard InChI is InChI=1S/C16H16O3/c1-12-6-5-7-13(10-12)16(17)14-8-3-4-9-15(14)19-11-18-2/h3-10H,11H2,1-2H3. The number of benzene rings is 2. The highest BCUT2D eigenvalue weighted by molar-refractivity contribution is 6.10. The summed E-state index contributed by atoms with van der Waals surface area (Å²) in [6.07, 6.45) is 0. The Labute approximate surface area is 112 Å². The number of aryl methyl sites for hydroxylation is 1. The van der Waals surface area contributed by atoms with E-state index in [4.69, 9.17) is 9.47 Å². The molecule has 0 saturated heterocycles. The zero-order chi connectivity index (χ0) is 13.7. The van der Waals surface area contributed by atoms with E-state index in [0.717, 1.165) is 5.56 Å². The van der Waals surface area contributed by atoms with Crippen molar-refractivity contribution in [3.63, 3.8) is 0 Å². The lowest BCUT2D eigenvalue weighted by Crippen LogP contribution is -2.07. The van der Waals surface area contributed by atoms with Gasteiger partial charge in [0.25, 0.3) is 0 Å². The Morgan fingerprint density at radius 3 is 2.63 bits per heavy atom. The average Bonchev–Trinajstić information content (AvgIpc) is 2.44. The number of hydrogen-bond acceptors (Lipinski definition) is 3. The fourth-order valence-corrected chi connectivity index (χ4v) is 1.84. The van der Waals surface area contributed by atoms with Crippen LogP contribution in [-0.4, -0.2) is 19.7 Å². The first-order valence-corrected chi connectivity index (χ1v) is 6.04. The molecule has 0 spiro atoms. The molecule has 0 aliphatic heterocycles. The molecule has 0 fully saturated rings. The monoisotopic (exact) mass is 256 g/mol. The third-order valence-corrected chi connectivity index (χ3v) is 2.74. The summed E-state index contributed by atoms with van der Waals surface area (Å²) in [5, 5.41) is 0. The number of carbonyl (C=O) groups is 1. The first-order valence-electron chi connectivity index (χ1n) is 6.04. The zero-order valence-electron chi connectivity index (χ0n) is 11.1. The summed E-state index contributed by atoms with van der Waals surface area (Å²) in [4.78, 5) is 12.5. The van der Waals surface area contributed by atoms with E-state index in [0.29, 0.717) is 16.9 Å². The van der Waals surface area contributed by atoms with Crippen LogP contribution in [0.4, 0.5) is 0 Å². The fourth-order valence-electron chi connectivity index (χ4n) is 1.84. The molecule has 2 aromatic carbocycles. The number of rotatable bonds is 5. The molecule has 0 amide bonds. The quantitative estimate of drug-likeness (QED) is 0.608. The van der Waals surface area contributed by atoms with Crippen molar-refractivity contribution in [3.05, 3.63) is 65.2 Å². The van der Waals surface area contributed by atoms with E-state index in [2.05, 4.69) is 0 Å². The Balaban J connectivity index is 2.33. The molecule has 0 N–H and O–H groups in total. The fraction of sp³-hybridized carbons (Fsp3) is 0.188. The first-order chi connectivity index (χ1) is 9.22. The summed E-state index contributed by atoms with van der Waals surface area (Å²) in [6, 6.07) is 14.7. The minimum atomic E-state index is -0.0459. The molecular weight excluding hydrogens is 240 g/mol. The molecule has 0 aliphatic rings. The van der Waals surface area contributed by atoms with E-state index in [9.17, 15) is 4.79 Å². The van der Waals surface area contributed by atoms with E-state index in [1.54, 1.807) is 19.2 Å². The van der Waals surface area contributed by atoms with Crippen LogP contribution < -0.4 is 4.74 Å². The van der Waals surface area contributed by atoms with Gasteiger partial charge in [0.05, 0.1) is 5.56 Å². The van der Waals surface area contributed by atoms with Crippen LogP contribution in [0, 0.1) is 6.92 Å². The SMILES string of the molecule is COCOc1ccccc1C(=O)c1cccc(C)c1. The number of para-hydroxylation sites is 1. The maximum Gasteiger partial charge on any atom is 0.196 e. The third-order valence-electron chi connectivity index (χ3n) is 2.74. The van der Waals surface area contributed by atoms with Gasteiger partial charge in [-0.15, -0.1) is 0 Å². The van der Waals surface area contributed by atoms with Crippen LogP contribution in [0.25, 0.3) is 0 Å². The van der Waals surface area contributed by atoms with Crippen LogP contribution in [0.1, 0.15) is 21.5 Å². The summed E-state index contributed by atoms with van der Waals surface area (Å²) in [5.41, 5.74) is 2.26. The summed E-state index contributed by atoms with van der Waals surface area (Å²) >= 11 is 0. The maximum atomic E-state index is 12.5. The summed E-state index contributed by atoms with van der Waals surface area (Å²) in [6.45, 7) is 2.09. The lowest BCUT2D eigenvalue weighted by Gasteiger charge is -2.10. The van der Waals surface area contributed by atoms with Crippen molar-refractivity contribution in [1.82, 2.24) is 0 Å². The van der Waals surface area contributed by atoms with Gasteiger partial charge in [-0.1, -0.05) is 35.9 Å². The van der Waals surface area contributed by atoms with Crippen LogP contribution in [0.5, 0.6) is 5.75 Å². The van der Waals surface area contributed by atoms with Gasteiger partial charge in [-0.25, -0.2) is 0 Å². The molecule has 0 saturated carbocycles. The lowest BCUT2D eigenvalue weighted by atomic mass is 10.0. The Hall–Kier alpha value is -2.13. The predicted octanol–water partition coefficient (Wildman–Crippen LogP) is 3.21. The van der Waals surface area contributed by atoms with Gasteiger partial charge < -0.3 is 9.47 Å². The van der Waals surface area contributed by atoms with Crippen molar-refractivity contribution in [2.45, 2.75) is 6.92 Å². The van der Waals surface area contributed by atoms with Crippen LogP contribution in [0.15, 0.2) is 48.5 Å². The predicted molar refractivity (Wildman–Crippen MR) is 73.6 cm³/mol. The van der Waals surface area contributed by atoms with E-state index in [1.165, 1.54) is 0 Å². The molecule has 98 valence electrons. The van der Waals surface area contributed by atoms with E-state index in [-0.39, 0.29) is 12.6 Å². The summed E-state index contributed by atoms with van der Waals surface area (Å²) < 4.78 is 10.3. The van der Waals surface area contributed by atoms with Gasteiger partial charge in [0, 0.05) is 12.7 Å². The van der Waals surface area contributed by atoms with E-state index in [1.807, 2.05) is 43.3 Å². The van der Waals surface area contributed by atoms with Crippen molar-refractivity contribution >= 4 is 5.78 Å². The molecule has 0 aromatic heterocycles. The molecule has 0 heterocycles. The molecule has 19 heavy (non-hydrogen) atoms. The number of ether oxygens (including phenoxy) is 2. The summed E-state index contributed by atoms with van der Waals surface area (Å²) in [7, 11) is 1.55. The van der Waals surface area contributed by atoms with Crippen LogP contribution in [0.3, 0.4) is 0 Å². The molecule has 3 nitrogen and oxygen atoms in total. The van der Waals surface area contributed by atoms with Crippen molar-refractivity contribution in [2.75, 3.05) is 13.9 Å². The maximum absolute atomic E-state index is 12.5. The summed E-state index contributed by atoms with van der Waals surface area (Å²) in [5.74, 6) is 0.492. The Morgan fingerprint density at radius 2 is 1.89 bits per heavy atom. The highest BCUT2D eigenvalue weighted by Gasteiger charge is 2.14. The van der Waals surface area contributed by atoms with Crippen LogP contribution in [0.2, 0.25) is 0 Å². The molecule has 0 unspecified atom stereocenters.